The minimum atomic E-state index is -0.284. The van der Waals surface area contributed by atoms with E-state index in [1.807, 2.05) is 11.8 Å². The molecule has 5 nitrogen and oxygen atoms in total. The lowest BCUT2D eigenvalue weighted by Crippen LogP contribution is -2.23. The maximum absolute atomic E-state index is 11.2. The van der Waals surface area contributed by atoms with Crippen LogP contribution in [-0.4, -0.2) is 27.5 Å². The maximum Gasteiger partial charge on any atom is 0.276 e. The smallest absolute Gasteiger partial charge is 0.276 e. The van der Waals surface area contributed by atoms with Crippen molar-refractivity contribution in [3.63, 3.8) is 0 Å². The van der Waals surface area contributed by atoms with Gasteiger partial charge in [-0.2, -0.15) is 11.8 Å². The fourth-order valence-electron chi connectivity index (χ4n) is 1.73. The maximum atomic E-state index is 11.2. The van der Waals surface area contributed by atoms with E-state index in [2.05, 4.69) is 15.3 Å². The Morgan fingerprint density at radius 1 is 1.62 bits per heavy atom. The van der Waals surface area contributed by atoms with Crippen LogP contribution in [-0.2, 0) is 0 Å². The molecule has 16 heavy (non-hydrogen) atoms. The van der Waals surface area contributed by atoms with Crippen molar-refractivity contribution in [2.24, 2.45) is 0 Å². The molecule has 1 saturated heterocycles. The first kappa shape index (κ1) is 11.3. The minimum absolute atomic E-state index is 0.170. The molecule has 2 heterocycles. The third-order valence-corrected chi connectivity index (χ3v) is 4.06. The fourth-order valence-corrected chi connectivity index (χ4v) is 2.97. The molecule has 1 aromatic rings. The molecule has 1 atom stereocenters. The summed E-state index contributed by atoms with van der Waals surface area (Å²) in [5.74, 6) is 1.72. The average molecular weight is 240 g/mol. The molecule has 1 fully saturated rings. The summed E-state index contributed by atoms with van der Waals surface area (Å²) in [5, 5.41) is 3.75. The highest BCUT2D eigenvalue weighted by atomic mass is 32.2. The number of nitrogens with one attached hydrogen (secondary N) is 2. The van der Waals surface area contributed by atoms with Gasteiger partial charge in [-0.25, -0.2) is 4.98 Å². The number of rotatable bonds is 3. The van der Waals surface area contributed by atoms with Crippen LogP contribution in [0.3, 0.4) is 0 Å². The zero-order valence-corrected chi connectivity index (χ0v) is 9.85. The summed E-state index contributed by atoms with van der Waals surface area (Å²) in [6.45, 7) is 0.825. The van der Waals surface area contributed by atoms with Gasteiger partial charge in [0, 0.05) is 11.8 Å². The van der Waals surface area contributed by atoms with Crippen LogP contribution in [0.2, 0.25) is 0 Å². The molecule has 0 aliphatic carbocycles. The van der Waals surface area contributed by atoms with Gasteiger partial charge in [-0.3, -0.25) is 4.79 Å². The standard InChI is InChI=1S/C10H16N4OS/c11-8-9(13-6-14-10(8)15)12-5-7-3-1-2-4-16-7/h6-7H,1-5,11H2,(H2,12,13,14,15). The average Bonchev–Trinajstić information content (AvgIpc) is 2.32. The molecular formula is C10H16N4OS. The predicted molar refractivity (Wildman–Crippen MR) is 67.9 cm³/mol. The van der Waals surface area contributed by atoms with Gasteiger partial charge in [-0.05, 0) is 18.6 Å². The van der Waals surface area contributed by atoms with Gasteiger partial charge in [0.2, 0.25) is 0 Å². The molecule has 0 amide bonds. The van der Waals surface area contributed by atoms with E-state index in [1.165, 1.54) is 31.3 Å². The molecule has 1 unspecified atom stereocenters. The second kappa shape index (κ2) is 5.25. The van der Waals surface area contributed by atoms with Gasteiger partial charge in [0.1, 0.15) is 5.69 Å². The van der Waals surface area contributed by atoms with Gasteiger partial charge in [-0.1, -0.05) is 6.42 Å². The van der Waals surface area contributed by atoms with Crippen molar-refractivity contribution in [3.05, 3.63) is 16.7 Å². The Labute approximate surface area is 98.2 Å². The SMILES string of the molecule is Nc1c(NCC2CCCCS2)nc[nH]c1=O. The normalized spacial score (nSPS) is 20.6. The number of nitrogens with zero attached hydrogens (tertiary/aromatic N) is 1. The van der Waals surface area contributed by atoms with Crippen LogP contribution < -0.4 is 16.6 Å². The van der Waals surface area contributed by atoms with Gasteiger partial charge >= 0.3 is 0 Å². The van der Waals surface area contributed by atoms with Crippen LogP contribution in [0.15, 0.2) is 11.1 Å². The molecule has 88 valence electrons. The number of H-pyrrole nitrogens is 1. The summed E-state index contributed by atoms with van der Waals surface area (Å²) >= 11 is 1.98. The third kappa shape index (κ3) is 2.69. The Bertz CT molecular complexity index is 400. The fraction of sp³-hybridized carbons (Fsp3) is 0.600. The topological polar surface area (TPSA) is 83.8 Å². The largest absolute Gasteiger partial charge is 0.391 e. The van der Waals surface area contributed by atoms with Gasteiger partial charge in [0.05, 0.1) is 6.33 Å². The Hall–Kier alpha value is -1.17. The van der Waals surface area contributed by atoms with Crippen molar-refractivity contribution in [3.8, 4) is 0 Å². The van der Waals surface area contributed by atoms with Crippen molar-refractivity contribution >= 4 is 23.3 Å². The molecule has 0 saturated carbocycles. The zero-order valence-electron chi connectivity index (χ0n) is 9.03. The van der Waals surface area contributed by atoms with Crippen LogP contribution in [0.5, 0.6) is 0 Å². The lowest BCUT2D eigenvalue weighted by molar-refractivity contribution is 0.677. The Morgan fingerprint density at radius 2 is 2.50 bits per heavy atom. The number of nitrogens with two attached hydrogens (primary N) is 1. The van der Waals surface area contributed by atoms with Crippen LogP contribution >= 0.6 is 11.8 Å². The first-order valence-electron chi connectivity index (χ1n) is 5.46. The highest BCUT2D eigenvalue weighted by Gasteiger charge is 2.14. The Morgan fingerprint density at radius 3 is 3.25 bits per heavy atom. The van der Waals surface area contributed by atoms with Crippen LogP contribution in [0.1, 0.15) is 19.3 Å². The van der Waals surface area contributed by atoms with Crippen molar-refractivity contribution in [2.75, 3.05) is 23.3 Å². The second-order valence-electron chi connectivity index (χ2n) is 3.86. The van der Waals surface area contributed by atoms with E-state index in [-0.39, 0.29) is 11.2 Å². The van der Waals surface area contributed by atoms with Crippen LogP contribution in [0, 0.1) is 0 Å². The summed E-state index contributed by atoms with van der Waals surface area (Å²) in [4.78, 5) is 17.7. The highest BCUT2D eigenvalue weighted by molar-refractivity contribution is 7.99. The van der Waals surface area contributed by atoms with Gasteiger partial charge in [-0.15, -0.1) is 0 Å². The summed E-state index contributed by atoms with van der Waals surface area (Å²) in [6.07, 6.45) is 5.19. The second-order valence-corrected chi connectivity index (χ2v) is 5.27. The predicted octanol–water partition coefficient (Wildman–Crippen LogP) is 1.05. The molecule has 4 N–H and O–H groups in total. The van der Waals surface area contributed by atoms with E-state index in [0.717, 1.165) is 6.54 Å². The lowest BCUT2D eigenvalue weighted by atomic mass is 10.2. The molecule has 2 rings (SSSR count). The van der Waals surface area contributed by atoms with E-state index in [4.69, 9.17) is 5.73 Å². The number of aromatic amines is 1. The number of nitrogen functional groups attached to an aromatic ring is 1. The first-order chi connectivity index (χ1) is 7.77. The molecule has 0 radical (unpaired) electrons. The lowest BCUT2D eigenvalue weighted by Gasteiger charge is -2.21. The number of aromatic nitrogens is 2. The highest BCUT2D eigenvalue weighted by Crippen LogP contribution is 2.25. The number of hydrogen-bond acceptors (Lipinski definition) is 5. The summed E-state index contributed by atoms with van der Waals surface area (Å²) in [7, 11) is 0. The van der Waals surface area contributed by atoms with E-state index in [1.54, 1.807) is 0 Å². The molecule has 0 bridgehead atoms. The molecule has 6 heteroatoms. The zero-order chi connectivity index (χ0) is 11.4. The third-order valence-electron chi connectivity index (χ3n) is 2.66. The number of anilines is 2. The molecule has 1 aliphatic heterocycles. The van der Waals surface area contributed by atoms with Gasteiger partial charge in [0.25, 0.3) is 5.56 Å². The monoisotopic (exact) mass is 240 g/mol. The van der Waals surface area contributed by atoms with Gasteiger partial charge in [0.15, 0.2) is 5.82 Å². The van der Waals surface area contributed by atoms with Crippen LogP contribution in [0.4, 0.5) is 11.5 Å². The Kier molecular flexibility index (Phi) is 3.71. The molecule has 1 aromatic heterocycles. The van der Waals surface area contributed by atoms with Crippen molar-refractivity contribution in [2.45, 2.75) is 24.5 Å². The molecule has 0 spiro atoms. The Balaban J connectivity index is 1.93. The van der Waals surface area contributed by atoms with E-state index >= 15 is 0 Å². The van der Waals surface area contributed by atoms with Crippen molar-refractivity contribution in [1.82, 2.24) is 9.97 Å². The van der Waals surface area contributed by atoms with Crippen molar-refractivity contribution < 1.29 is 0 Å². The molecule has 0 aromatic carbocycles. The number of hydrogen-bond donors (Lipinski definition) is 3. The van der Waals surface area contributed by atoms with E-state index < -0.39 is 0 Å². The number of thioether (sulfide) groups is 1. The van der Waals surface area contributed by atoms with Crippen molar-refractivity contribution in [1.29, 1.82) is 0 Å². The summed E-state index contributed by atoms with van der Waals surface area (Å²) < 4.78 is 0. The minimum Gasteiger partial charge on any atom is -0.391 e. The summed E-state index contributed by atoms with van der Waals surface area (Å²) in [6, 6.07) is 0. The molecule has 1 aliphatic rings. The van der Waals surface area contributed by atoms with E-state index in [9.17, 15) is 4.79 Å². The van der Waals surface area contributed by atoms with E-state index in [0.29, 0.717) is 11.1 Å². The summed E-state index contributed by atoms with van der Waals surface area (Å²) in [5.41, 5.74) is 5.51. The van der Waals surface area contributed by atoms with Crippen LogP contribution in [0.25, 0.3) is 0 Å². The first-order valence-corrected chi connectivity index (χ1v) is 6.51. The quantitative estimate of drug-likeness (QED) is 0.735. The van der Waals surface area contributed by atoms with Gasteiger partial charge < -0.3 is 16.0 Å². The molecular weight excluding hydrogens is 224 g/mol.